The van der Waals surface area contributed by atoms with E-state index in [0.29, 0.717) is 17.2 Å². The third kappa shape index (κ3) is 2.57. The van der Waals surface area contributed by atoms with Crippen LogP contribution in [0.15, 0.2) is 41.0 Å². The minimum Gasteiger partial charge on any atom is -0.476 e. The van der Waals surface area contributed by atoms with Crippen LogP contribution in [0.3, 0.4) is 0 Å². The Balaban J connectivity index is 1.97. The van der Waals surface area contributed by atoms with Gasteiger partial charge in [-0.3, -0.25) is 0 Å². The number of hydrogen-bond donors (Lipinski definition) is 2. The average Bonchev–Trinajstić information content (AvgIpc) is 3.24. The maximum Gasteiger partial charge on any atom is 0.357 e. The van der Waals surface area contributed by atoms with E-state index in [1.807, 2.05) is 24.3 Å². The summed E-state index contributed by atoms with van der Waals surface area (Å²) in [6.07, 6.45) is 3.84. The van der Waals surface area contributed by atoms with Crippen LogP contribution in [-0.2, 0) is 0 Å². The molecule has 4 rings (SSSR count). The van der Waals surface area contributed by atoms with E-state index in [9.17, 15) is 9.90 Å². The third-order valence-corrected chi connectivity index (χ3v) is 4.26. The van der Waals surface area contributed by atoms with Crippen molar-refractivity contribution >= 4 is 38.6 Å². The van der Waals surface area contributed by atoms with Crippen molar-refractivity contribution in [1.29, 1.82) is 0 Å². The predicted molar refractivity (Wildman–Crippen MR) is 90.2 cm³/mol. The zero-order chi connectivity index (χ0) is 16.0. The molecule has 116 valence electrons. The van der Waals surface area contributed by atoms with Crippen molar-refractivity contribution in [3.8, 4) is 5.69 Å². The number of carboxylic acids is 1. The lowest BCUT2D eigenvalue weighted by molar-refractivity contribution is 0.0692. The van der Waals surface area contributed by atoms with Crippen molar-refractivity contribution in [3.05, 3.63) is 46.7 Å². The van der Waals surface area contributed by atoms with Crippen LogP contribution in [0.1, 0.15) is 23.3 Å². The van der Waals surface area contributed by atoms with Crippen LogP contribution in [0.5, 0.6) is 0 Å². The van der Waals surface area contributed by atoms with Gasteiger partial charge in [-0.25, -0.2) is 14.5 Å². The van der Waals surface area contributed by atoms with Crippen LogP contribution in [-0.4, -0.2) is 31.9 Å². The molecule has 2 heterocycles. The number of benzene rings is 1. The molecule has 1 aliphatic rings. The number of rotatable bonds is 4. The molecule has 1 aliphatic carbocycles. The second kappa shape index (κ2) is 5.34. The second-order valence-corrected chi connectivity index (χ2v) is 6.43. The Hall–Kier alpha value is -2.41. The Kier molecular flexibility index (Phi) is 3.30. The molecule has 0 aliphatic heterocycles. The number of hydrogen-bond acceptors (Lipinski definition) is 4. The number of pyridine rings is 1. The summed E-state index contributed by atoms with van der Waals surface area (Å²) < 4.78 is 2.55. The molecule has 0 atom stereocenters. The Labute approximate surface area is 140 Å². The number of fused-ring (bicyclic) bond motifs is 1. The molecule has 0 saturated heterocycles. The summed E-state index contributed by atoms with van der Waals surface area (Å²) in [5.74, 6) is -0.473. The van der Waals surface area contributed by atoms with E-state index in [-0.39, 0.29) is 5.69 Å². The number of halogens is 1. The van der Waals surface area contributed by atoms with Gasteiger partial charge in [-0.2, -0.15) is 5.10 Å². The Morgan fingerprint density at radius 3 is 2.87 bits per heavy atom. The van der Waals surface area contributed by atoms with Crippen LogP contribution >= 0.6 is 15.9 Å². The number of carbonyl (C=O) groups is 1. The van der Waals surface area contributed by atoms with Gasteiger partial charge in [-0.15, -0.1) is 0 Å². The SMILES string of the molecule is O=C(O)c1nn(-c2cccc(Br)c2)c2ccnc(NC3CC3)c12. The van der Waals surface area contributed by atoms with Crippen LogP contribution in [0.2, 0.25) is 0 Å². The summed E-state index contributed by atoms with van der Waals surface area (Å²) in [5.41, 5.74) is 1.52. The van der Waals surface area contributed by atoms with E-state index < -0.39 is 5.97 Å². The summed E-state index contributed by atoms with van der Waals surface area (Å²) in [4.78, 5) is 16.0. The van der Waals surface area contributed by atoms with Gasteiger partial charge in [0.05, 0.1) is 16.6 Å². The van der Waals surface area contributed by atoms with E-state index in [1.54, 1.807) is 16.9 Å². The van der Waals surface area contributed by atoms with Crippen LogP contribution < -0.4 is 5.32 Å². The largest absolute Gasteiger partial charge is 0.476 e. The minimum absolute atomic E-state index is 0.0104. The first-order valence-corrected chi connectivity index (χ1v) is 8.06. The van der Waals surface area contributed by atoms with Crippen molar-refractivity contribution in [2.24, 2.45) is 0 Å². The second-order valence-electron chi connectivity index (χ2n) is 5.52. The van der Waals surface area contributed by atoms with Crippen molar-refractivity contribution in [1.82, 2.24) is 14.8 Å². The molecular formula is C16H13BrN4O2. The highest BCUT2D eigenvalue weighted by Gasteiger charge is 2.26. The molecule has 0 bridgehead atoms. The highest BCUT2D eigenvalue weighted by atomic mass is 79.9. The summed E-state index contributed by atoms with van der Waals surface area (Å²) in [7, 11) is 0. The van der Waals surface area contributed by atoms with Gasteiger partial charge in [0, 0.05) is 16.7 Å². The molecule has 1 aromatic carbocycles. The topological polar surface area (TPSA) is 80.0 Å². The first kappa shape index (κ1) is 14.2. The van der Waals surface area contributed by atoms with Crippen LogP contribution in [0.25, 0.3) is 16.6 Å². The predicted octanol–water partition coefficient (Wildman–Crippen LogP) is 3.46. The number of anilines is 1. The Bertz CT molecular complexity index is 918. The van der Waals surface area contributed by atoms with Crippen LogP contribution in [0, 0.1) is 0 Å². The van der Waals surface area contributed by atoms with Crippen molar-refractivity contribution < 1.29 is 9.90 Å². The van der Waals surface area contributed by atoms with Crippen molar-refractivity contribution in [3.63, 3.8) is 0 Å². The molecular weight excluding hydrogens is 360 g/mol. The van der Waals surface area contributed by atoms with Crippen LogP contribution in [0.4, 0.5) is 5.82 Å². The summed E-state index contributed by atoms with van der Waals surface area (Å²) in [5, 5.41) is 17.7. The van der Waals surface area contributed by atoms with E-state index in [0.717, 1.165) is 28.5 Å². The lowest BCUT2D eigenvalue weighted by Crippen LogP contribution is -2.05. The molecule has 2 aromatic heterocycles. The summed E-state index contributed by atoms with van der Waals surface area (Å²) >= 11 is 3.43. The van der Waals surface area contributed by atoms with E-state index in [2.05, 4.69) is 31.3 Å². The molecule has 1 saturated carbocycles. The molecule has 23 heavy (non-hydrogen) atoms. The fraction of sp³-hybridized carbons (Fsp3) is 0.188. The molecule has 0 unspecified atom stereocenters. The quantitative estimate of drug-likeness (QED) is 0.732. The molecule has 0 radical (unpaired) electrons. The fourth-order valence-electron chi connectivity index (χ4n) is 2.55. The monoisotopic (exact) mass is 372 g/mol. The lowest BCUT2D eigenvalue weighted by atomic mass is 10.2. The first-order chi connectivity index (χ1) is 11.1. The molecule has 2 N–H and O–H groups in total. The van der Waals surface area contributed by atoms with Crippen molar-refractivity contribution in [2.45, 2.75) is 18.9 Å². The first-order valence-electron chi connectivity index (χ1n) is 7.27. The highest BCUT2D eigenvalue weighted by molar-refractivity contribution is 9.10. The summed E-state index contributed by atoms with van der Waals surface area (Å²) in [6.45, 7) is 0. The molecule has 1 fully saturated rings. The van der Waals surface area contributed by atoms with Gasteiger partial charge in [0.15, 0.2) is 5.69 Å². The van der Waals surface area contributed by atoms with E-state index >= 15 is 0 Å². The zero-order valence-corrected chi connectivity index (χ0v) is 13.6. The normalized spacial score (nSPS) is 14.1. The van der Waals surface area contributed by atoms with Gasteiger partial charge in [-0.05, 0) is 37.1 Å². The Morgan fingerprint density at radius 2 is 2.17 bits per heavy atom. The van der Waals surface area contributed by atoms with E-state index in [1.165, 1.54) is 0 Å². The van der Waals surface area contributed by atoms with Crippen molar-refractivity contribution in [2.75, 3.05) is 5.32 Å². The number of aromatic nitrogens is 3. The Morgan fingerprint density at radius 1 is 1.35 bits per heavy atom. The molecule has 6 nitrogen and oxygen atoms in total. The third-order valence-electron chi connectivity index (χ3n) is 3.77. The number of nitrogens with zero attached hydrogens (tertiary/aromatic N) is 3. The standard InChI is InChI=1S/C16H13BrN4O2/c17-9-2-1-3-11(8-9)21-12-6-7-18-15(19-10-4-5-10)13(12)14(20-21)16(22)23/h1-3,6-8,10H,4-5H2,(H,18,19)(H,22,23). The maximum atomic E-state index is 11.6. The maximum absolute atomic E-state index is 11.6. The average molecular weight is 373 g/mol. The number of nitrogens with one attached hydrogen (secondary N) is 1. The van der Waals surface area contributed by atoms with Gasteiger partial charge >= 0.3 is 5.97 Å². The molecule has 0 spiro atoms. The number of aromatic carboxylic acids is 1. The molecule has 3 aromatic rings. The summed E-state index contributed by atoms with van der Waals surface area (Å²) in [6, 6.07) is 9.74. The smallest absolute Gasteiger partial charge is 0.357 e. The minimum atomic E-state index is -1.06. The molecule has 0 amide bonds. The number of carboxylic acid groups (broad SMARTS) is 1. The molecule has 7 heteroatoms. The van der Waals surface area contributed by atoms with E-state index in [4.69, 9.17) is 0 Å². The van der Waals surface area contributed by atoms with Gasteiger partial charge < -0.3 is 10.4 Å². The lowest BCUT2D eigenvalue weighted by Gasteiger charge is -2.06. The van der Waals surface area contributed by atoms with Gasteiger partial charge in [0.1, 0.15) is 5.82 Å². The zero-order valence-electron chi connectivity index (χ0n) is 12.0. The van der Waals surface area contributed by atoms with Gasteiger partial charge in [-0.1, -0.05) is 22.0 Å². The van der Waals surface area contributed by atoms with Gasteiger partial charge in [0.2, 0.25) is 0 Å². The fourth-order valence-corrected chi connectivity index (χ4v) is 2.94. The highest BCUT2D eigenvalue weighted by Crippen LogP contribution is 2.31. The van der Waals surface area contributed by atoms with Gasteiger partial charge in [0.25, 0.3) is 0 Å².